The predicted molar refractivity (Wildman–Crippen MR) is 84.3 cm³/mol. The third-order valence-electron chi connectivity index (χ3n) is 4.12. The molecule has 2 rings (SSSR count). The fraction of sp³-hybridized carbons (Fsp3) is 0.533. The monoisotopic (exact) mass is 305 g/mol. The molecule has 0 saturated carbocycles. The van der Waals surface area contributed by atoms with Crippen molar-refractivity contribution in [3.05, 3.63) is 39.9 Å². The van der Waals surface area contributed by atoms with Crippen LogP contribution in [0.25, 0.3) is 0 Å². The van der Waals surface area contributed by atoms with Crippen LogP contribution in [0, 0.1) is 21.4 Å². The first-order chi connectivity index (χ1) is 10.1. The Morgan fingerprint density at radius 2 is 2.00 bits per heavy atom. The average molecular weight is 305 g/mol. The molecule has 0 amide bonds. The summed E-state index contributed by atoms with van der Waals surface area (Å²) in [6.07, 6.45) is 4.71. The van der Waals surface area contributed by atoms with Crippen LogP contribution in [0.3, 0.4) is 0 Å². The van der Waals surface area contributed by atoms with E-state index in [1.165, 1.54) is 0 Å². The summed E-state index contributed by atoms with van der Waals surface area (Å²) < 4.78 is -0.205. The standard InChI is InChI=1S/C15H19N3O2S/c1-21-15(12-16)7-10-17(11-8-15)9-6-13-2-4-14(5-3-13)18(19)20/h2-5H,6-11H2,1H3. The molecule has 21 heavy (non-hydrogen) atoms. The molecular formula is C15H19N3O2S. The van der Waals surface area contributed by atoms with Crippen LogP contribution in [0.5, 0.6) is 0 Å². The van der Waals surface area contributed by atoms with Crippen molar-refractivity contribution in [1.29, 1.82) is 5.26 Å². The minimum atomic E-state index is -0.377. The van der Waals surface area contributed by atoms with Gasteiger partial charge in [0.2, 0.25) is 0 Å². The lowest BCUT2D eigenvalue weighted by molar-refractivity contribution is -0.384. The molecule has 1 heterocycles. The van der Waals surface area contributed by atoms with E-state index in [1.807, 2.05) is 18.4 Å². The first-order valence-electron chi connectivity index (χ1n) is 7.01. The Morgan fingerprint density at radius 3 is 2.48 bits per heavy atom. The second-order valence-electron chi connectivity index (χ2n) is 5.33. The summed E-state index contributed by atoms with van der Waals surface area (Å²) in [6, 6.07) is 9.21. The number of nitriles is 1. The summed E-state index contributed by atoms with van der Waals surface area (Å²) in [5.41, 5.74) is 1.25. The zero-order valence-electron chi connectivity index (χ0n) is 12.1. The third kappa shape index (κ3) is 3.96. The first kappa shape index (κ1) is 15.8. The van der Waals surface area contributed by atoms with Crippen molar-refractivity contribution in [2.45, 2.75) is 24.0 Å². The van der Waals surface area contributed by atoms with Crippen LogP contribution in [0.1, 0.15) is 18.4 Å². The molecule has 0 spiro atoms. The number of hydrogen-bond donors (Lipinski definition) is 0. The van der Waals surface area contributed by atoms with Gasteiger partial charge in [-0.15, -0.1) is 11.8 Å². The summed E-state index contributed by atoms with van der Waals surface area (Å²) in [7, 11) is 0. The van der Waals surface area contributed by atoms with Gasteiger partial charge in [0.25, 0.3) is 5.69 Å². The maximum Gasteiger partial charge on any atom is 0.269 e. The molecule has 1 saturated heterocycles. The van der Waals surface area contributed by atoms with E-state index in [4.69, 9.17) is 0 Å². The second kappa shape index (κ2) is 6.92. The molecule has 6 heteroatoms. The normalized spacial score (nSPS) is 18.1. The predicted octanol–water partition coefficient (Wildman–Crippen LogP) is 2.86. The van der Waals surface area contributed by atoms with Crippen molar-refractivity contribution >= 4 is 17.4 Å². The van der Waals surface area contributed by atoms with Crippen molar-refractivity contribution in [2.75, 3.05) is 25.9 Å². The van der Waals surface area contributed by atoms with E-state index in [2.05, 4.69) is 11.0 Å². The van der Waals surface area contributed by atoms with E-state index in [0.717, 1.165) is 44.5 Å². The molecule has 1 aromatic rings. The SMILES string of the molecule is CSC1(C#N)CCN(CCc2ccc([N+](=O)[O-])cc2)CC1. The Bertz CT molecular complexity index is 531. The van der Waals surface area contributed by atoms with Gasteiger partial charge in [-0.3, -0.25) is 10.1 Å². The molecule has 0 atom stereocenters. The van der Waals surface area contributed by atoms with E-state index < -0.39 is 0 Å². The molecule has 0 aromatic heterocycles. The van der Waals surface area contributed by atoms with Gasteiger partial charge in [0, 0.05) is 31.8 Å². The van der Waals surface area contributed by atoms with Crippen molar-refractivity contribution in [2.24, 2.45) is 0 Å². The highest BCUT2D eigenvalue weighted by Gasteiger charge is 2.33. The molecule has 1 aliphatic heterocycles. The maximum absolute atomic E-state index is 10.6. The van der Waals surface area contributed by atoms with Crippen LogP contribution >= 0.6 is 11.8 Å². The lowest BCUT2D eigenvalue weighted by Gasteiger charge is -2.36. The van der Waals surface area contributed by atoms with Gasteiger partial charge in [-0.05, 0) is 31.1 Å². The number of non-ortho nitro benzene ring substituents is 1. The van der Waals surface area contributed by atoms with E-state index in [-0.39, 0.29) is 15.4 Å². The van der Waals surface area contributed by atoms with Gasteiger partial charge < -0.3 is 4.90 Å². The fourth-order valence-corrected chi connectivity index (χ4v) is 3.25. The van der Waals surface area contributed by atoms with Gasteiger partial charge >= 0.3 is 0 Å². The number of nitrogens with zero attached hydrogens (tertiary/aromatic N) is 3. The minimum absolute atomic E-state index is 0.135. The van der Waals surface area contributed by atoms with Gasteiger partial charge in [-0.25, -0.2) is 0 Å². The Hall–Kier alpha value is -1.58. The number of rotatable bonds is 5. The van der Waals surface area contributed by atoms with Crippen molar-refractivity contribution in [3.8, 4) is 6.07 Å². The molecule has 0 aliphatic carbocycles. The van der Waals surface area contributed by atoms with E-state index in [9.17, 15) is 15.4 Å². The molecule has 1 aromatic carbocycles. The summed E-state index contributed by atoms with van der Waals surface area (Å²) in [5.74, 6) is 0. The third-order valence-corrected chi connectivity index (χ3v) is 5.40. The highest BCUT2D eigenvalue weighted by molar-refractivity contribution is 8.00. The molecule has 1 aliphatic rings. The minimum Gasteiger partial charge on any atom is -0.303 e. The van der Waals surface area contributed by atoms with Gasteiger partial charge in [0.05, 0.1) is 11.0 Å². The van der Waals surface area contributed by atoms with Gasteiger partial charge in [0.1, 0.15) is 4.75 Å². The van der Waals surface area contributed by atoms with Crippen molar-refractivity contribution in [3.63, 3.8) is 0 Å². The number of nitro benzene ring substituents is 1. The molecule has 0 N–H and O–H groups in total. The smallest absolute Gasteiger partial charge is 0.269 e. The van der Waals surface area contributed by atoms with Crippen LogP contribution in [0.2, 0.25) is 0 Å². The Labute approximate surface area is 129 Å². The lowest BCUT2D eigenvalue weighted by Crippen LogP contribution is -2.42. The molecule has 0 unspecified atom stereocenters. The van der Waals surface area contributed by atoms with Crippen LogP contribution in [-0.2, 0) is 6.42 Å². The molecule has 112 valence electrons. The van der Waals surface area contributed by atoms with E-state index in [1.54, 1.807) is 23.9 Å². The number of hydrogen-bond acceptors (Lipinski definition) is 5. The topological polar surface area (TPSA) is 70.2 Å². The largest absolute Gasteiger partial charge is 0.303 e. The summed E-state index contributed by atoms with van der Waals surface area (Å²) in [6.45, 7) is 2.83. The Balaban J connectivity index is 1.82. The van der Waals surface area contributed by atoms with Crippen molar-refractivity contribution < 1.29 is 4.92 Å². The highest BCUT2D eigenvalue weighted by Crippen LogP contribution is 2.33. The average Bonchev–Trinajstić information content (AvgIpc) is 2.54. The van der Waals surface area contributed by atoms with Crippen LogP contribution in [0.15, 0.2) is 24.3 Å². The Kier molecular flexibility index (Phi) is 5.21. The molecule has 1 fully saturated rings. The van der Waals surface area contributed by atoms with Gasteiger partial charge in [-0.2, -0.15) is 5.26 Å². The summed E-state index contributed by atoms with van der Waals surface area (Å²) in [4.78, 5) is 12.6. The fourth-order valence-electron chi connectivity index (χ4n) is 2.57. The maximum atomic E-state index is 10.6. The molecule has 0 bridgehead atoms. The number of nitro groups is 1. The van der Waals surface area contributed by atoms with Gasteiger partial charge in [-0.1, -0.05) is 12.1 Å². The lowest BCUT2D eigenvalue weighted by atomic mass is 9.97. The molecule has 5 nitrogen and oxygen atoms in total. The van der Waals surface area contributed by atoms with Crippen molar-refractivity contribution in [1.82, 2.24) is 4.90 Å². The van der Waals surface area contributed by atoms with E-state index in [0.29, 0.717) is 0 Å². The van der Waals surface area contributed by atoms with Crippen LogP contribution in [-0.4, -0.2) is 40.5 Å². The molecular weight excluding hydrogens is 286 g/mol. The Morgan fingerprint density at radius 1 is 1.38 bits per heavy atom. The summed E-state index contributed by atoms with van der Waals surface area (Å²) in [5, 5.41) is 19.9. The highest BCUT2D eigenvalue weighted by atomic mass is 32.2. The number of likely N-dealkylation sites (tertiary alicyclic amines) is 1. The van der Waals surface area contributed by atoms with Crippen LogP contribution in [0.4, 0.5) is 5.69 Å². The van der Waals surface area contributed by atoms with Gasteiger partial charge in [0.15, 0.2) is 0 Å². The van der Waals surface area contributed by atoms with E-state index >= 15 is 0 Å². The quantitative estimate of drug-likeness (QED) is 0.618. The first-order valence-corrected chi connectivity index (χ1v) is 8.23. The zero-order valence-corrected chi connectivity index (χ0v) is 12.9. The zero-order chi connectivity index (χ0) is 15.3. The summed E-state index contributed by atoms with van der Waals surface area (Å²) >= 11 is 1.66. The number of piperidine rings is 1. The number of benzene rings is 1. The van der Waals surface area contributed by atoms with Crippen LogP contribution < -0.4 is 0 Å². The molecule has 0 radical (unpaired) electrons. The second-order valence-corrected chi connectivity index (χ2v) is 6.52. The number of thioether (sulfide) groups is 1.